The number of aromatic nitrogens is 5. The molecule has 8 nitrogen and oxygen atoms in total. The fourth-order valence-electron chi connectivity index (χ4n) is 3.87. The molecule has 0 bridgehead atoms. The number of aryl methyl sites for hydroxylation is 1. The average molecular weight is 451 g/mol. The van der Waals surface area contributed by atoms with Crippen molar-refractivity contribution in [2.24, 2.45) is 0 Å². The summed E-state index contributed by atoms with van der Waals surface area (Å²) in [7, 11) is 0. The van der Waals surface area contributed by atoms with Crippen LogP contribution in [0.15, 0.2) is 48.9 Å². The van der Waals surface area contributed by atoms with Gasteiger partial charge < -0.3 is 15.6 Å². The number of pyridine rings is 1. The molecule has 0 unspecified atom stereocenters. The van der Waals surface area contributed by atoms with Gasteiger partial charge in [-0.15, -0.1) is 12.4 Å². The lowest BCUT2D eigenvalue weighted by Gasteiger charge is -2.27. The summed E-state index contributed by atoms with van der Waals surface area (Å²) in [6.07, 6.45) is 4.36. The van der Waals surface area contributed by atoms with E-state index in [0.717, 1.165) is 72.9 Å². The van der Waals surface area contributed by atoms with Crippen molar-refractivity contribution < 1.29 is 0 Å². The normalized spacial score (nSPS) is 14.3. The third-order valence-corrected chi connectivity index (χ3v) is 5.55. The van der Waals surface area contributed by atoms with Gasteiger partial charge >= 0.3 is 0 Å². The molecule has 0 atom stereocenters. The van der Waals surface area contributed by atoms with Gasteiger partial charge in [-0.2, -0.15) is 0 Å². The number of halogens is 1. The summed E-state index contributed by atoms with van der Waals surface area (Å²) < 4.78 is 0. The molecule has 166 valence electrons. The molecule has 1 saturated heterocycles. The van der Waals surface area contributed by atoms with Crippen LogP contribution in [0.3, 0.4) is 0 Å². The molecule has 0 spiro atoms. The van der Waals surface area contributed by atoms with Gasteiger partial charge in [-0.25, -0.2) is 19.9 Å². The maximum Gasteiger partial charge on any atom is 0.206 e. The number of hydrogen-bond acceptors (Lipinski definition) is 7. The maximum absolute atomic E-state index is 4.66. The first kappa shape index (κ1) is 22.1. The van der Waals surface area contributed by atoms with Crippen molar-refractivity contribution in [1.82, 2.24) is 35.1 Å². The number of piperazine rings is 1. The Morgan fingerprint density at radius 3 is 2.75 bits per heavy atom. The van der Waals surface area contributed by atoms with Gasteiger partial charge in [0.1, 0.15) is 12.1 Å². The highest BCUT2D eigenvalue weighted by atomic mass is 35.5. The smallest absolute Gasteiger partial charge is 0.206 e. The van der Waals surface area contributed by atoms with E-state index in [1.54, 1.807) is 6.33 Å². The minimum Gasteiger partial charge on any atom is -0.324 e. The highest BCUT2D eigenvalue weighted by Crippen LogP contribution is 2.24. The fraction of sp³-hybridized carbons (Fsp3) is 0.304. The summed E-state index contributed by atoms with van der Waals surface area (Å²) in [5, 5.41) is 6.71. The number of aromatic amines is 1. The van der Waals surface area contributed by atoms with Crippen molar-refractivity contribution in [3.05, 3.63) is 60.2 Å². The predicted octanol–water partition coefficient (Wildman–Crippen LogP) is 3.55. The third kappa shape index (κ3) is 5.04. The largest absolute Gasteiger partial charge is 0.324 e. The molecule has 0 amide bonds. The zero-order valence-corrected chi connectivity index (χ0v) is 18.8. The summed E-state index contributed by atoms with van der Waals surface area (Å²) in [5.41, 5.74) is 6.08. The second kappa shape index (κ2) is 10.0. The van der Waals surface area contributed by atoms with Gasteiger partial charge in [-0.05, 0) is 42.3 Å². The zero-order chi connectivity index (χ0) is 21.0. The highest BCUT2D eigenvalue weighted by molar-refractivity contribution is 5.85. The lowest BCUT2D eigenvalue weighted by Crippen LogP contribution is -2.42. The maximum atomic E-state index is 4.66. The predicted molar refractivity (Wildman–Crippen MR) is 129 cm³/mol. The SMILES string of the molecule is CCc1cc(-c2ccc3nc(Nc4cc(CN5CCNCC5)ccn4)[nH]c3c2)ncn1.Cl. The molecule has 3 aromatic heterocycles. The van der Waals surface area contributed by atoms with Crippen LogP contribution in [-0.2, 0) is 13.0 Å². The summed E-state index contributed by atoms with van der Waals surface area (Å²) >= 11 is 0. The first-order chi connectivity index (χ1) is 15.3. The standard InChI is InChI=1S/C23H26N8.ClH/c1-2-18-13-20(27-15-26-18)17-3-4-19-21(12-17)29-23(28-19)30-22-11-16(5-6-25-22)14-31-9-7-24-8-10-31;/h3-6,11-13,15,24H,2,7-10,14H2,1H3,(H2,25,28,29,30);1H. The summed E-state index contributed by atoms with van der Waals surface area (Å²) in [6, 6.07) is 12.3. The Labute approximate surface area is 193 Å². The molecular weight excluding hydrogens is 424 g/mol. The molecular formula is C23H27ClN8. The van der Waals surface area contributed by atoms with E-state index in [1.807, 2.05) is 24.4 Å². The minimum atomic E-state index is 0. The van der Waals surface area contributed by atoms with Crippen LogP contribution < -0.4 is 10.6 Å². The molecule has 1 aromatic carbocycles. The summed E-state index contributed by atoms with van der Waals surface area (Å²) in [6.45, 7) is 7.26. The van der Waals surface area contributed by atoms with Gasteiger partial charge in [0.2, 0.25) is 5.95 Å². The van der Waals surface area contributed by atoms with Crippen molar-refractivity contribution in [2.45, 2.75) is 19.9 Å². The molecule has 4 aromatic rings. The Morgan fingerprint density at radius 1 is 1.03 bits per heavy atom. The van der Waals surface area contributed by atoms with E-state index in [2.05, 4.69) is 65.6 Å². The van der Waals surface area contributed by atoms with E-state index < -0.39 is 0 Å². The molecule has 32 heavy (non-hydrogen) atoms. The molecule has 1 aliphatic heterocycles. The number of nitrogens with one attached hydrogen (secondary N) is 3. The number of anilines is 2. The van der Waals surface area contributed by atoms with Gasteiger partial charge in [0.25, 0.3) is 0 Å². The van der Waals surface area contributed by atoms with Crippen LogP contribution in [0.2, 0.25) is 0 Å². The second-order valence-corrected chi connectivity index (χ2v) is 7.77. The van der Waals surface area contributed by atoms with Gasteiger partial charge in [0.05, 0.1) is 16.7 Å². The molecule has 1 fully saturated rings. The van der Waals surface area contributed by atoms with Crippen molar-refractivity contribution in [3.8, 4) is 11.3 Å². The third-order valence-electron chi connectivity index (χ3n) is 5.55. The Bertz CT molecular complexity index is 1190. The molecule has 0 saturated carbocycles. The average Bonchev–Trinajstić information content (AvgIpc) is 3.21. The van der Waals surface area contributed by atoms with E-state index in [-0.39, 0.29) is 12.4 Å². The zero-order valence-electron chi connectivity index (χ0n) is 18.0. The minimum absolute atomic E-state index is 0. The molecule has 9 heteroatoms. The number of benzene rings is 1. The summed E-state index contributed by atoms with van der Waals surface area (Å²) in [5.74, 6) is 1.46. The van der Waals surface area contributed by atoms with E-state index in [0.29, 0.717) is 5.95 Å². The van der Waals surface area contributed by atoms with E-state index in [1.165, 1.54) is 5.56 Å². The van der Waals surface area contributed by atoms with Gasteiger partial charge in [0, 0.05) is 50.2 Å². The first-order valence-electron chi connectivity index (χ1n) is 10.7. The topological polar surface area (TPSA) is 94.7 Å². The lowest BCUT2D eigenvalue weighted by molar-refractivity contribution is 0.233. The van der Waals surface area contributed by atoms with Crippen LogP contribution >= 0.6 is 12.4 Å². The Kier molecular flexibility index (Phi) is 6.94. The second-order valence-electron chi connectivity index (χ2n) is 7.77. The molecule has 0 radical (unpaired) electrons. The van der Waals surface area contributed by atoms with Crippen LogP contribution in [0.25, 0.3) is 22.3 Å². The lowest BCUT2D eigenvalue weighted by atomic mass is 10.1. The number of imidazole rings is 1. The Balaban J connectivity index is 0.00000245. The molecule has 3 N–H and O–H groups in total. The van der Waals surface area contributed by atoms with Crippen LogP contribution in [0.4, 0.5) is 11.8 Å². The van der Waals surface area contributed by atoms with Gasteiger partial charge in [0.15, 0.2) is 0 Å². The Hall–Kier alpha value is -3.07. The van der Waals surface area contributed by atoms with Crippen molar-refractivity contribution >= 4 is 35.2 Å². The molecule has 0 aliphatic carbocycles. The number of H-pyrrole nitrogens is 1. The monoisotopic (exact) mass is 450 g/mol. The van der Waals surface area contributed by atoms with E-state index in [9.17, 15) is 0 Å². The van der Waals surface area contributed by atoms with Crippen molar-refractivity contribution in [3.63, 3.8) is 0 Å². The number of nitrogens with zero attached hydrogens (tertiary/aromatic N) is 5. The first-order valence-corrected chi connectivity index (χ1v) is 10.7. The van der Waals surface area contributed by atoms with Crippen LogP contribution in [0.5, 0.6) is 0 Å². The van der Waals surface area contributed by atoms with Crippen LogP contribution in [0, 0.1) is 0 Å². The van der Waals surface area contributed by atoms with Gasteiger partial charge in [-0.3, -0.25) is 4.90 Å². The quantitative estimate of drug-likeness (QED) is 0.413. The van der Waals surface area contributed by atoms with Crippen LogP contribution in [0.1, 0.15) is 18.2 Å². The Morgan fingerprint density at radius 2 is 1.91 bits per heavy atom. The fourth-order valence-corrected chi connectivity index (χ4v) is 3.87. The number of hydrogen-bond donors (Lipinski definition) is 3. The number of rotatable bonds is 6. The highest BCUT2D eigenvalue weighted by Gasteiger charge is 2.11. The van der Waals surface area contributed by atoms with E-state index >= 15 is 0 Å². The molecule has 5 rings (SSSR count). The van der Waals surface area contributed by atoms with Gasteiger partial charge in [-0.1, -0.05) is 13.0 Å². The van der Waals surface area contributed by atoms with Crippen molar-refractivity contribution in [1.29, 1.82) is 0 Å². The molecule has 1 aliphatic rings. The van der Waals surface area contributed by atoms with E-state index in [4.69, 9.17) is 0 Å². The van der Waals surface area contributed by atoms with Crippen LogP contribution in [-0.4, -0.2) is 56.0 Å². The summed E-state index contributed by atoms with van der Waals surface area (Å²) in [4.78, 5) is 23.6. The molecule has 4 heterocycles. The number of fused-ring (bicyclic) bond motifs is 1. The van der Waals surface area contributed by atoms with Crippen molar-refractivity contribution in [2.75, 3.05) is 31.5 Å².